The van der Waals surface area contributed by atoms with Gasteiger partial charge in [0, 0.05) is 0 Å². The lowest BCUT2D eigenvalue weighted by Crippen LogP contribution is -2.51. The molecule has 0 saturated carbocycles. The first-order valence-corrected chi connectivity index (χ1v) is 16.8. The second-order valence-electron chi connectivity index (χ2n) is 10.2. The van der Waals surface area contributed by atoms with Gasteiger partial charge < -0.3 is 9.11 Å². The highest BCUT2D eigenvalue weighted by molar-refractivity contribution is 7.86. The van der Waals surface area contributed by atoms with Crippen LogP contribution in [0, 0.1) is 13.8 Å². The lowest BCUT2D eigenvalue weighted by molar-refractivity contribution is -0.117. The average Bonchev–Trinajstić information content (AvgIpc) is 3.00. The predicted molar refractivity (Wildman–Crippen MR) is 188 cm³/mol. The summed E-state index contributed by atoms with van der Waals surface area (Å²) in [6, 6.07) is 36.6. The second-order valence-corrected chi connectivity index (χ2v) is 12.9. The summed E-state index contributed by atoms with van der Waals surface area (Å²) in [5, 5.41) is 15.3. The zero-order valence-electron chi connectivity index (χ0n) is 26.3. The van der Waals surface area contributed by atoms with Gasteiger partial charge in [-0.25, -0.2) is 16.8 Å². The Morgan fingerprint density at radius 1 is 0.479 bits per heavy atom. The molecule has 0 aromatic heterocycles. The maximum Gasteiger partial charge on any atom is 0.336 e. The highest BCUT2D eigenvalue weighted by atomic mass is 32.2. The van der Waals surface area contributed by atoms with Crippen molar-refractivity contribution in [3.8, 4) is 0 Å². The molecule has 0 spiro atoms. The van der Waals surface area contributed by atoms with Crippen molar-refractivity contribution in [3.63, 3.8) is 0 Å². The van der Waals surface area contributed by atoms with Crippen LogP contribution in [0.4, 0.5) is 0 Å². The van der Waals surface area contributed by atoms with Gasteiger partial charge in [-0.2, -0.15) is 0 Å². The molecule has 48 heavy (non-hydrogen) atoms. The van der Waals surface area contributed by atoms with E-state index in [9.17, 15) is 25.9 Å². The molecule has 0 aliphatic carbocycles. The van der Waals surface area contributed by atoms with E-state index in [4.69, 9.17) is 0 Å². The number of aryl methyl sites for hydroxylation is 2. The topological polar surface area (TPSA) is 270 Å². The Morgan fingerprint density at radius 3 is 1.06 bits per heavy atom. The monoisotopic (exact) mass is 690 g/mol. The van der Waals surface area contributed by atoms with Crippen LogP contribution in [0.1, 0.15) is 11.1 Å². The van der Waals surface area contributed by atoms with Crippen LogP contribution in [0.15, 0.2) is 131 Å². The Kier molecular flexibility index (Phi) is 14.0. The highest BCUT2D eigenvalue weighted by Crippen LogP contribution is 2.22. The maximum atomic E-state index is 10.8. The Hall–Kier alpha value is -5.54. The molecule has 0 fully saturated rings. The summed E-state index contributed by atoms with van der Waals surface area (Å²) in [4.78, 5) is -0.819. The number of nitrogens with two attached hydrogens (primary N) is 6. The molecule has 12 nitrogen and oxygen atoms in total. The number of fused-ring (bicyclic) bond motifs is 3. The fraction of sp³-hybridized carbons (Fsp3) is 0.0588. The van der Waals surface area contributed by atoms with Crippen molar-refractivity contribution in [2.75, 3.05) is 0 Å². The lowest BCUT2D eigenvalue weighted by Gasteiger charge is -2.10. The molecule has 6 aromatic carbocycles. The molecule has 0 saturated heterocycles. The summed E-state index contributed by atoms with van der Waals surface area (Å²) in [5.74, 6) is -0.167. The van der Waals surface area contributed by atoms with Crippen molar-refractivity contribution < 1.29 is 36.8 Å². The van der Waals surface area contributed by atoms with Crippen molar-refractivity contribution >= 4 is 64.5 Å². The molecule has 0 unspecified atom stereocenters. The van der Waals surface area contributed by atoms with Crippen molar-refractivity contribution in [3.05, 3.63) is 132 Å². The van der Waals surface area contributed by atoms with Crippen molar-refractivity contribution in [1.29, 1.82) is 0 Å². The largest absolute Gasteiger partial charge is 0.744 e. The van der Waals surface area contributed by atoms with Crippen LogP contribution in [0.5, 0.6) is 0 Å². The van der Waals surface area contributed by atoms with Crippen molar-refractivity contribution in [2.45, 2.75) is 23.6 Å². The Morgan fingerprint density at radius 2 is 0.771 bits per heavy atom. The van der Waals surface area contributed by atoms with Gasteiger partial charge in [0.1, 0.15) is 20.2 Å². The van der Waals surface area contributed by atoms with Crippen molar-refractivity contribution in [1.82, 2.24) is 0 Å². The van der Waals surface area contributed by atoms with Gasteiger partial charge in [0.05, 0.1) is 9.79 Å². The van der Waals surface area contributed by atoms with Gasteiger partial charge in [0.2, 0.25) is 0 Å². The molecule has 0 aliphatic rings. The standard InChI is InChI=1S/2C11H10.C10H8O6S2.2CH5N3/c2*1-9-5-4-7-10-6-2-3-8-11(9)10;11-17(12,13)9-3-1-7-5-10(18(14,15)16)4-2-8(7)6-9;2*2-1(3)4/h2*2-8H,1H3;1-6H,(H,11,12,13)(H,14,15,16);2*(H5,2,3,4). The summed E-state index contributed by atoms with van der Waals surface area (Å²) in [7, 11) is -9.13. The third kappa shape index (κ3) is 12.7. The van der Waals surface area contributed by atoms with Gasteiger partial charge in [-0.3, -0.25) is 33.8 Å². The molecule has 0 bridgehead atoms. The van der Waals surface area contributed by atoms with Crippen LogP contribution in [-0.2, 0) is 20.2 Å². The molecule has 0 heterocycles. The third-order valence-electron chi connectivity index (χ3n) is 6.38. The molecule has 252 valence electrons. The summed E-state index contributed by atoms with van der Waals surface area (Å²) in [6.45, 7) is 4.28. The molecule has 0 amide bonds. The van der Waals surface area contributed by atoms with Crippen LogP contribution < -0.4 is 33.8 Å². The van der Waals surface area contributed by atoms with Crippen molar-refractivity contribution in [2.24, 2.45) is 22.9 Å². The third-order valence-corrected chi connectivity index (χ3v) is 8.04. The molecule has 6 aromatic rings. The molecule has 0 radical (unpaired) electrons. The van der Waals surface area contributed by atoms with E-state index in [0.29, 0.717) is 10.8 Å². The number of benzene rings is 6. The predicted octanol–water partition coefficient (Wildman–Crippen LogP) is 0.982. The van der Waals surface area contributed by atoms with E-state index >= 15 is 0 Å². The molecule has 14 heteroatoms. The Bertz CT molecular complexity index is 2080. The highest BCUT2D eigenvalue weighted by Gasteiger charge is 2.06. The summed E-state index contributed by atoms with van der Waals surface area (Å²) in [5.41, 5.74) is 21.0. The summed E-state index contributed by atoms with van der Waals surface area (Å²) < 4.78 is 64.8. The molecular weight excluding hydrogens is 653 g/mol. The fourth-order valence-electron chi connectivity index (χ4n) is 4.29. The van der Waals surface area contributed by atoms with E-state index in [-0.39, 0.29) is 11.9 Å². The first kappa shape index (κ1) is 38.6. The number of hydrogen-bond acceptors (Lipinski definition) is 6. The van der Waals surface area contributed by atoms with Crippen LogP contribution in [0.25, 0.3) is 32.3 Å². The SMILES string of the molecule is Cc1cccc2ccccc12.Cc1cccc2ccccc12.NC(N)=[NH2+].NC(N)=[NH2+].O=S(=O)([O-])c1ccc2cc(S(=O)(=O)[O-])ccc2c1. The average molecular weight is 691 g/mol. The van der Waals surface area contributed by atoms with Gasteiger partial charge in [-0.1, -0.05) is 97.1 Å². The molecular formula is C34H38N6O6S2. The fourth-order valence-corrected chi connectivity index (χ4v) is 5.30. The van der Waals surface area contributed by atoms with Crippen LogP contribution >= 0.6 is 0 Å². The maximum absolute atomic E-state index is 10.8. The van der Waals surface area contributed by atoms with Gasteiger partial charge in [0.25, 0.3) is 0 Å². The van der Waals surface area contributed by atoms with Crippen LogP contribution in [0.2, 0.25) is 0 Å². The van der Waals surface area contributed by atoms with E-state index in [2.05, 4.69) is 133 Å². The zero-order valence-corrected chi connectivity index (χ0v) is 27.9. The lowest BCUT2D eigenvalue weighted by atomic mass is 10.1. The Balaban J connectivity index is 0.000000232. The van der Waals surface area contributed by atoms with Gasteiger partial charge >= 0.3 is 11.9 Å². The van der Waals surface area contributed by atoms with Crippen LogP contribution in [0.3, 0.4) is 0 Å². The van der Waals surface area contributed by atoms with Gasteiger partial charge in [-0.15, -0.1) is 0 Å². The van der Waals surface area contributed by atoms with Gasteiger partial charge in [0.15, 0.2) is 0 Å². The first-order chi connectivity index (χ1) is 22.4. The van der Waals surface area contributed by atoms with E-state index in [1.54, 1.807) is 0 Å². The Labute approximate surface area is 279 Å². The summed E-state index contributed by atoms with van der Waals surface area (Å²) >= 11 is 0. The van der Waals surface area contributed by atoms with Crippen LogP contribution in [-0.4, -0.2) is 37.9 Å². The minimum atomic E-state index is -4.56. The number of hydrogen-bond donors (Lipinski definition) is 6. The number of guanidine groups is 2. The van der Waals surface area contributed by atoms with E-state index in [0.717, 1.165) is 24.3 Å². The minimum Gasteiger partial charge on any atom is -0.744 e. The smallest absolute Gasteiger partial charge is 0.336 e. The first-order valence-electron chi connectivity index (χ1n) is 14.0. The quantitative estimate of drug-likeness (QED) is 0.0851. The summed E-state index contributed by atoms with van der Waals surface area (Å²) in [6.07, 6.45) is 0. The van der Waals surface area contributed by atoms with E-state index < -0.39 is 30.0 Å². The normalized spacial score (nSPS) is 10.5. The second kappa shape index (κ2) is 17.4. The zero-order chi connectivity index (χ0) is 36.1. The molecule has 6 rings (SSSR count). The number of rotatable bonds is 2. The van der Waals surface area contributed by atoms with E-state index in [1.165, 1.54) is 44.8 Å². The van der Waals surface area contributed by atoms with Gasteiger partial charge in [-0.05, 0) is 81.6 Å². The van der Waals surface area contributed by atoms with E-state index in [1.807, 2.05) is 0 Å². The molecule has 0 aliphatic heterocycles. The molecule has 12 N–H and O–H groups in total. The molecule has 0 atom stereocenters. The minimum absolute atomic E-state index is 0.0833.